The molecule has 0 aliphatic rings. The molecule has 0 bridgehead atoms. The zero-order valence-corrected chi connectivity index (χ0v) is 33.0. The summed E-state index contributed by atoms with van der Waals surface area (Å²) in [7, 11) is -4.37. The van der Waals surface area contributed by atoms with Crippen LogP contribution in [0.15, 0.2) is 24.3 Å². The highest BCUT2D eigenvalue weighted by Gasteiger charge is 2.25. The van der Waals surface area contributed by atoms with E-state index in [2.05, 4.69) is 38.2 Å². The molecule has 0 spiro atoms. The van der Waals surface area contributed by atoms with Gasteiger partial charge in [0.1, 0.15) is 6.61 Å². The molecule has 9 nitrogen and oxygen atoms in total. The topological polar surface area (TPSA) is 134 Å². The van der Waals surface area contributed by atoms with Crippen LogP contribution in [0.3, 0.4) is 0 Å². The van der Waals surface area contributed by atoms with E-state index in [1.807, 2.05) is 0 Å². The van der Waals surface area contributed by atoms with Gasteiger partial charge in [0, 0.05) is 19.4 Å². The Morgan fingerprint density at radius 2 is 0.980 bits per heavy atom. The van der Waals surface area contributed by atoms with Crippen molar-refractivity contribution in [2.75, 3.05) is 26.4 Å². The van der Waals surface area contributed by atoms with Crippen molar-refractivity contribution in [1.29, 1.82) is 0 Å². The van der Waals surface area contributed by atoms with Crippen molar-refractivity contribution in [3.63, 3.8) is 0 Å². The minimum atomic E-state index is -4.37. The lowest BCUT2D eigenvalue weighted by Crippen LogP contribution is -2.29. The van der Waals surface area contributed by atoms with Crippen molar-refractivity contribution in [1.82, 2.24) is 0 Å². The van der Waals surface area contributed by atoms with E-state index >= 15 is 0 Å². The fourth-order valence-corrected chi connectivity index (χ4v) is 6.27. The summed E-state index contributed by atoms with van der Waals surface area (Å²) in [6.07, 6.45) is 37.7. The predicted molar refractivity (Wildman–Crippen MR) is 206 cm³/mol. The Morgan fingerprint density at radius 3 is 1.44 bits per heavy atom. The van der Waals surface area contributed by atoms with Gasteiger partial charge in [0.15, 0.2) is 6.10 Å². The van der Waals surface area contributed by atoms with Gasteiger partial charge >= 0.3 is 19.8 Å². The number of nitrogens with two attached hydrogens (primary N) is 1. The summed E-state index contributed by atoms with van der Waals surface area (Å²) in [6, 6.07) is 0. The third-order valence-electron chi connectivity index (χ3n) is 8.56. The standard InChI is InChI=1S/C40H76NO8P/c1-3-5-7-9-11-13-15-17-18-19-21-22-24-26-28-30-32-39(42)46-36-38(37-48-50(44,45)47-35-34-41)49-40(43)33-31-29-27-25-23-20-16-14-12-10-8-6-4-2/h14,16,18-19,38H,3-13,15,17,20-37,41H2,1-2H3,(H,44,45)/b16-14-,19-18-/t38-/m1/s1. The number of phosphoric acid groups is 1. The molecule has 0 aromatic heterocycles. The molecule has 0 aromatic rings. The number of hydrogen-bond donors (Lipinski definition) is 2. The number of rotatable bonds is 38. The van der Waals surface area contributed by atoms with Gasteiger partial charge in [-0.05, 0) is 64.2 Å². The summed E-state index contributed by atoms with van der Waals surface area (Å²) >= 11 is 0. The van der Waals surface area contributed by atoms with Gasteiger partial charge in [0.2, 0.25) is 0 Å². The Kier molecular flexibility index (Phi) is 36.1. The molecule has 294 valence electrons. The summed E-state index contributed by atoms with van der Waals surface area (Å²) in [5.74, 6) is -0.846. The minimum absolute atomic E-state index is 0.0518. The number of unbranched alkanes of at least 4 members (excludes halogenated alkanes) is 21. The van der Waals surface area contributed by atoms with Crippen molar-refractivity contribution < 1.29 is 37.6 Å². The minimum Gasteiger partial charge on any atom is -0.462 e. The third kappa shape index (κ3) is 36.3. The van der Waals surface area contributed by atoms with Crippen LogP contribution in [0.2, 0.25) is 0 Å². The first kappa shape index (κ1) is 48.5. The number of ether oxygens (including phenoxy) is 2. The summed E-state index contributed by atoms with van der Waals surface area (Å²) < 4.78 is 32.7. The van der Waals surface area contributed by atoms with Crippen molar-refractivity contribution in [3.05, 3.63) is 24.3 Å². The van der Waals surface area contributed by atoms with Crippen LogP contribution in [0.5, 0.6) is 0 Å². The Labute approximate surface area is 306 Å². The molecule has 3 N–H and O–H groups in total. The van der Waals surface area contributed by atoms with Gasteiger partial charge in [0.05, 0.1) is 13.2 Å². The van der Waals surface area contributed by atoms with Crippen molar-refractivity contribution in [2.24, 2.45) is 5.73 Å². The number of esters is 2. The molecule has 0 aliphatic carbocycles. The highest BCUT2D eigenvalue weighted by atomic mass is 31.2. The van der Waals surface area contributed by atoms with Crippen molar-refractivity contribution in [2.45, 2.75) is 193 Å². The maximum absolute atomic E-state index is 12.5. The van der Waals surface area contributed by atoms with E-state index in [1.165, 1.54) is 83.5 Å². The van der Waals surface area contributed by atoms with E-state index in [1.54, 1.807) is 0 Å². The molecule has 2 atom stereocenters. The van der Waals surface area contributed by atoms with Gasteiger partial charge in [-0.2, -0.15) is 0 Å². The van der Waals surface area contributed by atoms with Crippen LogP contribution in [0, 0.1) is 0 Å². The molecule has 10 heteroatoms. The van der Waals surface area contributed by atoms with Crippen LogP contribution in [0.25, 0.3) is 0 Å². The van der Waals surface area contributed by atoms with Crippen LogP contribution >= 0.6 is 7.82 Å². The summed E-state index contributed by atoms with van der Waals surface area (Å²) in [5, 5.41) is 0. The maximum atomic E-state index is 12.5. The zero-order valence-electron chi connectivity index (χ0n) is 32.1. The largest absolute Gasteiger partial charge is 0.472 e. The Bertz CT molecular complexity index is 881. The first-order valence-electron chi connectivity index (χ1n) is 20.3. The fourth-order valence-electron chi connectivity index (χ4n) is 5.51. The molecule has 1 unspecified atom stereocenters. The first-order valence-corrected chi connectivity index (χ1v) is 21.8. The van der Waals surface area contributed by atoms with Crippen LogP contribution in [0.1, 0.15) is 187 Å². The second-order valence-corrected chi connectivity index (χ2v) is 14.9. The molecule has 0 rings (SSSR count). The fraction of sp³-hybridized carbons (Fsp3) is 0.850. The molecular formula is C40H76NO8P. The lowest BCUT2D eigenvalue weighted by molar-refractivity contribution is -0.161. The van der Waals surface area contributed by atoms with E-state index < -0.39 is 32.5 Å². The summed E-state index contributed by atoms with van der Waals surface area (Å²) in [5.41, 5.74) is 5.33. The normalized spacial score (nSPS) is 13.6. The number of phosphoric ester groups is 1. The second kappa shape index (κ2) is 37.3. The molecule has 0 fully saturated rings. The van der Waals surface area contributed by atoms with Gasteiger partial charge in [-0.15, -0.1) is 0 Å². The van der Waals surface area contributed by atoms with Gasteiger partial charge in [-0.3, -0.25) is 18.6 Å². The zero-order chi connectivity index (χ0) is 36.8. The third-order valence-corrected chi connectivity index (χ3v) is 9.54. The molecule has 50 heavy (non-hydrogen) atoms. The monoisotopic (exact) mass is 730 g/mol. The number of carbonyl (C=O) groups excluding carboxylic acids is 2. The van der Waals surface area contributed by atoms with Gasteiger partial charge in [-0.25, -0.2) is 4.57 Å². The molecule has 0 heterocycles. The maximum Gasteiger partial charge on any atom is 0.472 e. The molecular weight excluding hydrogens is 653 g/mol. The van der Waals surface area contributed by atoms with E-state index in [-0.39, 0.29) is 32.6 Å². The average molecular weight is 730 g/mol. The highest BCUT2D eigenvalue weighted by Crippen LogP contribution is 2.43. The van der Waals surface area contributed by atoms with E-state index in [4.69, 9.17) is 24.3 Å². The Balaban J connectivity index is 4.20. The van der Waals surface area contributed by atoms with Crippen molar-refractivity contribution in [3.8, 4) is 0 Å². The highest BCUT2D eigenvalue weighted by molar-refractivity contribution is 7.47. The van der Waals surface area contributed by atoms with Crippen molar-refractivity contribution >= 4 is 19.8 Å². The molecule has 0 aliphatic heterocycles. The summed E-state index contributed by atoms with van der Waals surface area (Å²) in [6.45, 7) is 3.69. The molecule has 0 aromatic carbocycles. The van der Waals surface area contributed by atoms with Crippen LogP contribution < -0.4 is 5.73 Å². The van der Waals surface area contributed by atoms with Crippen LogP contribution in [-0.2, 0) is 32.7 Å². The quantitative estimate of drug-likeness (QED) is 0.0275. The van der Waals surface area contributed by atoms with Crippen LogP contribution in [-0.4, -0.2) is 49.3 Å². The molecule has 0 saturated heterocycles. The Morgan fingerprint density at radius 1 is 0.580 bits per heavy atom. The number of allylic oxidation sites excluding steroid dienone is 4. The van der Waals surface area contributed by atoms with E-state index in [0.717, 1.165) is 70.6 Å². The first-order chi connectivity index (χ1) is 24.3. The smallest absolute Gasteiger partial charge is 0.462 e. The second-order valence-electron chi connectivity index (χ2n) is 13.5. The lowest BCUT2D eigenvalue weighted by Gasteiger charge is -2.19. The van der Waals surface area contributed by atoms with Crippen LogP contribution in [0.4, 0.5) is 0 Å². The van der Waals surface area contributed by atoms with E-state index in [9.17, 15) is 19.0 Å². The number of hydrogen-bond acceptors (Lipinski definition) is 8. The SMILES string of the molecule is CCCCCC/C=C\CCCCCCCC(=O)O[C@H](COC(=O)CCCCCCC/C=C\CCCCCCCCC)COP(=O)(O)OCCN. The van der Waals surface area contributed by atoms with Gasteiger partial charge < -0.3 is 20.1 Å². The van der Waals surface area contributed by atoms with Gasteiger partial charge in [0.25, 0.3) is 0 Å². The van der Waals surface area contributed by atoms with E-state index in [0.29, 0.717) is 6.42 Å². The Hall–Kier alpha value is -1.51. The molecule has 0 radical (unpaired) electrons. The van der Waals surface area contributed by atoms with Gasteiger partial charge in [-0.1, -0.05) is 134 Å². The molecule has 0 amide bonds. The summed E-state index contributed by atoms with van der Waals surface area (Å²) in [4.78, 5) is 34.7. The predicted octanol–water partition coefficient (Wildman–Crippen LogP) is 11.2. The lowest BCUT2D eigenvalue weighted by atomic mass is 10.1. The average Bonchev–Trinajstić information content (AvgIpc) is 3.10. The number of carbonyl (C=O) groups is 2. The molecule has 0 saturated carbocycles.